The predicted molar refractivity (Wildman–Crippen MR) is 103 cm³/mol. The topological polar surface area (TPSA) is 121 Å². The van der Waals surface area contributed by atoms with Gasteiger partial charge in [-0.25, -0.2) is 9.78 Å². The Labute approximate surface area is 166 Å². The zero-order valence-corrected chi connectivity index (χ0v) is 16.1. The van der Waals surface area contributed by atoms with Crippen LogP contribution in [0, 0.1) is 6.92 Å². The van der Waals surface area contributed by atoms with Gasteiger partial charge in [-0.15, -0.1) is 0 Å². The number of carbonyl (C=O) groups excluding carboxylic acids is 3. The molecule has 2 aliphatic rings. The summed E-state index contributed by atoms with van der Waals surface area (Å²) in [6.07, 6.45) is 2.96. The Morgan fingerprint density at radius 2 is 2.00 bits per heavy atom. The summed E-state index contributed by atoms with van der Waals surface area (Å²) in [6, 6.07) is 4.85. The predicted octanol–water partition coefficient (Wildman–Crippen LogP) is 1.53. The Balaban J connectivity index is 1.36. The summed E-state index contributed by atoms with van der Waals surface area (Å²) < 4.78 is 5.18. The molecule has 152 valence electrons. The van der Waals surface area contributed by atoms with Crippen LogP contribution in [0.2, 0.25) is 0 Å². The number of ether oxygens (including phenoxy) is 1. The minimum Gasteiger partial charge on any atom is -0.457 e. The van der Waals surface area contributed by atoms with Gasteiger partial charge < -0.3 is 15.0 Å². The smallest absolute Gasteiger partial charge is 0.325 e. The average Bonchev–Trinajstić information content (AvgIpc) is 3.25. The molecule has 0 bridgehead atoms. The van der Waals surface area contributed by atoms with E-state index in [0.717, 1.165) is 23.3 Å². The minimum atomic E-state index is -0.784. The molecule has 2 aromatic rings. The summed E-state index contributed by atoms with van der Waals surface area (Å²) in [5.74, 6) is -0.598. The summed E-state index contributed by atoms with van der Waals surface area (Å²) >= 11 is 0. The van der Waals surface area contributed by atoms with Crippen molar-refractivity contribution in [2.24, 2.45) is 0 Å². The Kier molecular flexibility index (Phi) is 4.81. The van der Waals surface area contributed by atoms with Gasteiger partial charge in [-0.3, -0.25) is 19.3 Å². The molecule has 4 rings (SSSR count). The molecule has 1 aliphatic heterocycles. The molecule has 1 aliphatic carbocycles. The number of nitrogens with zero attached hydrogens (tertiary/aromatic N) is 2. The SMILES string of the molecule is Cc1cccc2c(=O)[nH]c(COC(=O)CCN3C(=O)NC4(CCCC4)C3=O)nc12. The molecule has 2 heterocycles. The van der Waals surface area contributed by atoms with E-state index in [4.69, 9.17) is 4.74 Å². The van der Waals surface area contributed by atoms with Crippen LogP contribution in [-0.4, -0.2) is 44.9 Å². The number of urea groups is 1. The number of rotatable bonds is 5. The third-order valence-electron chi connectivity index (χ3n) is 5.60. The van der Waals surface area contributed by atoms with E-state index in [1.807, 2.05) is 13.0 Å². The molecule has 0 radical (unpaired) electrons. The molecule has 3 amide bonds. The van der Waals surface area contributed by atoms with Crippen LogP contribution in [-0.2, 0) is 20.9 Å². The van der Waals surface area contributed by atoms with E-state index in [0.29, 0.717) is 23.7 Å². The van der Waals surface area contributed by atoms with Gasteiger partial charge in [0.1, 0.15) is 18.0 Å². The number of carbonyl (C=O) groups is 3. The van der Waals surface area contributed by atoms with Crippen molar-refractivity contribution in [2.75, 3.05) is 6.54 Å². The lowest BCUT2D eigenvalue weighted by molar-refractivity contribution is -0.145. The van der Waals surface area contributed by atoms with Crippen molar-refractivity contribution in [3.63, 3.8) is 0 Å². The van der Waals surface area contributed by atoms with E-state index in [1.165, 1.54) is 0 Å². The molecule has 9 nitrogen and oxygen atoms in total. The lowest BCUT2D eigenvalue weighted by Gasteiger charge is -2.19. The first-order valence-electron chi connectivity index (χ1n) is 9.68. The summed E-state index contributed by atoms with van der Waals surface area (Å²) in [4.78, 5) is 57.0. The van der Waals surface area contributed by atoms with Gasteiger partial charge in [0.15, 0.2) is 0 Å². The fourth-order valence-corrected chi connectivity index (χ4v) is 4.04. The highest BCUT2D eigenvalue weighted by atomic mass is 16.5. The fraction of sp³-hybridized carbons (Fsp3) is 0.450. The van der Waals surface area contributed by atoms with Crippen LogP contribution in [0.1, 0.15) is 43.5 Å². The lowest BCUT2D eigenvalue weighted by Crippen LogP contribution is -2.44. The monoisotopic (exact) mass is 398 g/mol. The van der Waals surface area contributed by atoms with Gasteiger partial charge in [0, 0.05) is 6.54 Å². The Bertz CT molecular complexity index is 1050. The molecule has 1 saturated carbocycles. The third-order valence-corrected chi connectivity index (χ3v) is 5.60. The number of aromatic amines is 1. The standard InChI is InChI=1S/C20H22N4O5/c1-12-5-4-6-13-16(12)21-14(22-17(13)26)11-29-15(25)7-10-24-18(27)20(23-19(24)28)8-2-3-9-20/h4-6H,2-3,7-11H2,1H3,(H,23,28)(H,21,22,26). The van der Waals surface area contributed by atoms with E-state index in [2.05, 4.69) is 15.3 Å². The summed E-state index contributed by atoms with van der Waals surface area (Å²) in [6.45, 7) is 1.62. The molecule has 2 N–H and O–H groups in total. The maximum Gasteiger partial charge on any atom is 0.325 e. The number of H-pyrrole nitrogens is 1. The number of esters is 1. The zero-order chi connectivity index (χ0) is 20.6. The van der Waals surface area contributed by atoms with Gasteiger partial charge in [-0.1, -0.05) is 25.0 Å². The molecule has 9 heteroatoms. The van der Waals surface area contributed by atoms with Crippen LogP contribution in [0.4, 0.5) is 4.79 Å². The lowest BCUT2D eigenvalue weighted by atomic mass is 9.98. The quantitative estimate of drug-likeness (QED) is 0.582. The molecule has 1 aromatic heterocycles. The third kappa shape index (κ3) is 3.48. The number of imide groups is 1. The highest BCUT2D eigenvalue weighted by molar-refractivity contribution is 6.07. The van der Waals surface area contributed by atoms with Gasteiger partial charge >= 0.3 is 12.0 Å². The van der Waals surface area contributed by atoms with Crippen LogP contribution in [0.15, 0.2) is 23.0 Å². The zero-order valence-electron chi connectivity index (χ0n) is 16.1. The number of benzene rings is 1. The second-order valence-corrected chi connectivity index (χ2v) is 7.57. The Morgan fingerprint density at radius 3 is 2.76 bits per heavy atom. The molecule has 1 aromatic carbocycles. The van der Waals surface area contributed by atoms with Gasteiger partial charge in [-0.2, -0.15) is 0 Å². The summed E-state index contributed by atoms with van der Waals surface area (Å²) in [7, 11) is 0. The number of aryl methyl sites for hydroxylation is 1. The van der Waals surface area contributed by atoms with Crippen molar-refractivity contribution in [1.82, 2.24) is 20.2 Å². The van der Waals surface area contributed by atoms with Crippen molar-refractivity contribution in [1.29, 1.82) is 0 Å². The van der Waals surface area contributed by atoms with Gasteiger partial charge in [0.2, 0.25) is 0 Å². The average molecular weight is 398 g/mol. The molecule has 0 unspecified atom stereocenters. The normalized spacial score (nSPS) is 17.9. The number of fused-ring (bicyclic) bond motifs is 1. The Morgan fingerprint density at radius 1 is 1.24 bits per heavy atom. The molecule has 29 heavy (non-hydrogen) atoms. The highest BCUT2D eigenvalue weighted by Crippen LogP contribution is 2.35. The number of para-hydroxylation sites is 1. The second kappa shape index (κ2) is 7.31. The molecule has 1 saturated heterocycles. The van der Waals surface area contributed by atoms with Crippen molar-refractivity contribution in [3.8, 4) is 0 Å². The van der Waals surface area contributed by atoms with Crippen molar-refractivity contribution >= 4 is 28.8 Å². The van der Waals surface area contributed by atoms with Crippen LogP contribution in [0.3, 0.4) is 0 Å². The van der Waals surface area contributed by atoms with Crippen molar-refractivity contribution in [3.05, 3.63) is 39.9 Å². The van der Waals surface area contributed by atoms with Crippen LogP contribution in [0.25, 0.3) is 10.9 Å². The number of hydrogen-bond acceptors (Lipinski definition) is 6. The van der Waals surface area contributed by atoms with E-state index >= 15 is 0 Å². The molecule has 0 atom stereocenters. The number of aromatic nitrogens is 2. The van der Waals surface area contributed by atoms with Gasteiger partial charge in [-0.05, 0) is 31.4 Å². The van der Waals surface area contributed by atoms with Crippen LogP contribution in [0.5, 0.6) is 0 Å². The van der Waals surface area contributed by atoms with Gasteiger partial charge in [0.05, 0.1) is 17.3 Å². The highest BCUT2D eigenvalue weighted by Gasteiger charge is 2.52. The molecule has 2 fully saturated rings. The molecule has 1 spiro atoms. The minimum absolute atomic E-state index is 0.0357. The summed E-state index contributed by atoms with van der Waals surface area (Å²) in [5, 5.41) is 3.25. The first-order chi connectivity index (χ1) is 13.9. The van der Waals surface area contributed by atoms with Crippen LogP contribution >= 0.6 is 0 Å². The maximum absolute atomic E-state index is 12.6. The van der Waals surface area contributed by atoms with Crippen molar-refractivity contribution in [2.45, 2.75) is 51.2 Å². The van der Waals surface area contributed by atoms with E-state index < -0.39 is 17.5 Å². The largest absolute Gasteiger partial charge is 0.457 e. The molecular formula is C20H22N4O5. The van der Waals surface area contributed by atoms with Crippen molar-refractivity contribution < 1.29 is 19.1 Å². The van der Waals surface area contributed by atoms with E-state index in [9.17, 15) is 19.2 Å². The fourth-order valence-electron chi connectivity index (χ4n) is 4.04. The first kappa shape index (κ1) is 19.1. The van der Waals surface area contributed by atoms with E-state index in [-0.39, 0.29) is 36.9 Å². The number of nitrogens with one attached hydrogen (secondary N) is 2. The first-order valence-corrected chi connectivity index (χ1v) is 9.68. The van der Waals surface area contributed by atoms with E-state index in [1.54, 1.807) is 12.1 Å². The van der Waals surface area contributed by atoms with Gasteiger partial charge in [0.25, 0.3) is 11.5 Å². The number of hydrogen-bond donors (Lipinski definition) is 2. The summed E-state index contributed by atoms with van der Waals surface area (Å²) in [5.41, 5.74) is 0.322. The maximum atomic E-state index is 12.6. The molecular weight excluding hydrogens is 376 g/mol. The van der Waals surface area contributed by atoms with Crippen LogP contribution < -0.4 is 10.9 Å². The number of amides is 3. The Hall–Kier alpha value is -3.23. The second-order valence-electron chi connectivity index (χ2n) is 7.57.